The number of hydrogen-bond acceptors (Lipinski definition) is 5. The maximum absolute atomic E-state index is 11.3. The smallest absolute Gasteiger partial charge is 0.331 e. The van der Waals surface area contributed by atoms with Gasteiger partial charge < -0.3 is 9.47 Å². The van der Waals surface area contributed by atoms with E-state index in [-0.39, 0.29) is 17.0 Å². The second-order valence-electron chi connectivity index (χ2n) is 8.07. The molecule has 1 aliphatic heterocycles. The Morgan fingerprint density at radius 3 is 2.45 bits per heavy atom. The van der Waals surface area contributed by atoms with Gasteiger partial charge in [-0.1, -0.05) is 50.2 Å². The highest BCUT2D eigenvalue weighted by Crippen LogP contribution is 2.50. The fraction of sp³-hybridized carbons (Fsp3) is 0.261. The summed E-state index contributed by atoms with van der Waals surface area (Å²) in [5, 5.41) is 11.3. The maximum Gasteiger partial charge on any atom is 0.331 e. The third-order valence-electron chi connectivity index (χ3n) is 5.34. The summed E-state index contributed by atoms with van der Waals surface area (Å²) in [5.41, 5.74) is 1.02. The highest BCUT2D eigenvalue weighted by molar-refractivity contribution is 5.49. The lowest BCUT2D eigenvalue weighted by Crippen LogP contribution is -2.41. The minimum Gasteiger partial charge on any atom is -0.482 e. The van der Waals surface area contributed by atoms with Crippen LogP contribution in [0.4, 0.5) is 5.69 Å². The van der Waals surface area contributed by atoms with E-state index < -0.39 is 10.5 Å². The van der Waals surface area contributed by atoms with Gasteiger partial charge in [-0.25, -0.2) is 4.98 Å². The van der Waals surface area contributed by atoms with E-state index in [0.717, 1.165) is 23.3 Å². The summed E-state index contributed by atoms with van der Waals surface area (Å²) in [4.78, 5) is 14.9. The van der Waals surface area contributed by atoms with E-state index in [9.17, 15) is 10.1 Å². The number of pyridine rings is 1. The van der Waals surface area contributed by atoms with Crippen LogP contribution in [-0.4, -0.2) is 9.91 Å². The largest absolute Gasteiger partial charge is 0.482 e. The zero-order valence-electron chi connectivity index (χ0n) is 16.6. The van der Waals surface area contributed by atoms with Gasteiger partial charge in [0.05, 0.1) is 4.92 Å². The standard InChI is InChI=1S/C23H22N2O4/c1-22(2)15-23(3,29-20-13-7-4-9-16(20)22)17-10-5-6-12-19(17)28-21-18(25(26)27)11-8-14-24-21/h4-14H,15H2,1-3H3. The molecule has 0 spiro atoms. The molecule has 0 radical (unpaired) electrons. The molecular formula is C23H22N2O4. The van der Waals surface area contributed by atoms with Crippen molar-refractivity contribution >= 4 is 5.69 Å². The summed E-state index contributed by atoms with van der Waals surface area (Å²) in [6.45, 7) is 6.42. The summed E-state index contributed by atoms with van der Waals surface area (Å²) in [5.74, 6) is 1.29. The van der Waals surface area contributed by atoms with Gasteiger partial charge in [0.2, 0.25) is 0 Å². The minimum absolute atomic E-state index is 0.0379. The predicted molar refractivity (Wildman–Crippen MR) is 109 cm³/mol. The average Bonchev–Trinajstić information content (AvgIpc) is 2.68. The van der Waals surface area contributed by atoms with Gasteiger partial charge >= 0.3 is 5.69 Å². The lowest BCUT2D eigenvalue weighted by atomic mass is 9.71. The van der Waals surface area contributed by atoms with Crippen LogP contribution in [0.15, 0.2) is 66.9 Å². The van der Waals surface area contributed by atoms with E-state index in [2.05, 4.69) is 24.9 Å². The molecule has 0 amide bonds. The topological polar surface area (TPSA) is 74.5 Å². The van der Waals surface area contributed by atoms with Crippen LogP contribution < -0.4 is 9.47 Å². The SMILES string of the molecule is CC1(C)CC(C)(c2ccccc2Oc2ncccc2[N+](=O)[O-])Oc2ccccc21. The first-order chi connectivity index (χ1) is 13.8. The highest BCUT2D eigenvalue weighted by Gasteiger charge is 2.44. The molecule has 1 aliphatic rings. The Morgan fingerprint density at radius 2 is 1.69 bits per heavy atom. The quantitative estimate of drug-likeness (QED) is 0.418. The van der Waals surface area contributed by atoms with Crippen molar-refractivity contribution in [3.05, 3.63) is 88.1 Å². The van der Waals surface area contributed by atoms with Gasteiger partial charge in [0, 0.05) is 24.2 Å². The predicted octanol–water partition coefficient (Wildman–Crippen LogP) is 5.76. The van der Waals surface area contributed by atoms with Crippen molar-refractivity contribution in [2.45, 2.75) is 38.2 Å². The summed E-state index contributed by atoms with van der Waals surface area (Å²) < 4.78 is 12.4. The van der Waals surface area contributed by atoms with E-state index in [1.807, 2.05) is 43.3 Å². The fourth-order valence-corrected chi connectivity index (χ4v) is 4.18. The summed E-state index contributed by atoms with van der Waals surface area (Å²) >= 11 is 0. The van der Waals surface area contributed by atoms with Crippen molar-refractivity contribution in [2.24, 2.45) is 0 Å². The Morgan fingerprint density at radius 1 is 1.00 bits per heavy atom. The Kier molecular flexibility index (Phi) is 4.49. The number of ether oxygens (including phenoxy) is 2. The molecule has 29 heavy (non-hydrogen) atoms. The summed E-state index contributed by atoms with van der Waals surface area (Å²) in [6.07, 6.45) is 2.20. The second-order valence-corrected chi connectivity index (χ2v) is 8.07. The molecule has 3 aromatic rings. The second kappa shape index (κ2) is 6.88. The normalized spacial score (nSPS) is 19.7. The summed E-state index contributed by atoms with van der Waals surface area (Å²) in [6, 6.07) is 18.4. The van der Waals surface area contributed by atoms with Crippen molar-refractivity contribution < 1.29 is 14.4 Å². The third-order valence-corrected chi connectivity index (χ3v) is 5.34. The van der Waals surface area contributed by atoms with Gasteiger partial charge in [-0.3, -0.25) is 10.1 Å². The first-order valence-electron chi connectivity index (χ1n) is 9.45. The molecule has 2 heterocycles. The van der Waals surface area contributed by atoms with E-state index >= 15 is 0 Å². The number of aromatic nitrogens is 1. The molecule has 0 bridgehead atoms. The molecule has 4 rings (SSSR count). The molecule has 1 aromatic heterocycles. The Bertz CT molecular complexity index is 1080. The van der Waals surface area contributed by atoms with Gasteiger partial charge in [0.15, 0.2) is 0 Å². The van der Waals surface area contributed by atoms with Gasteiger partial charge in [-0.2, -0.15) is 0 Å². The molecule has 1 atom stereocenters. The number of nitro groups is 1. The molecule has 0 saturated heterocycles. The van der Waals surface area contributed by atoms with Crippen LogP contribution in [0.1, 0.15) is 38.3 Å². The van der Waals surface area contributed by atoms with Crippen molar-refractivity contribution in [1.29, 1.82) is 0 Å². The van der Waals surface area contributed by atoms with Gasteiger partial charge in [0.25, 0.3) is 5.88 Å². The van der Waals surface area contributed by atoms with Gasteiger partial charge in [-0.15, -0.1) is 0 Å². The van der Waals surface area contributed by atoms with Crippen LogP contribution in [0.25, 0.3) is 0 Å². The van der Waals surface area contributed by atoms with Crippen molar-refractivity contribution in [3.8, 4) is 17.4 Å². The molecule has 0 aliphatic carbocycles. The first kappa shape index (κ1) is 18.9. The van der Waals surface area contributed by atoms with E-state index in [1.54, 1.807) is 6.07 Å². The molecule has 6 nitrogen and oxygen atoms in total. The van der Waals surface area contributed by atoms with Gasteiger partial charge in [-0.05, 0) is 36.1 Å². The van der Waals surface area contributed by atoms with E-state index in [4.69, 9.17) is 9.47 Å². The number of hydrogen-bond donors (Lipinski definition) is 0. The van der Waals surface area contributed by atoms with Crippen LogP contribution >= 0.6 is 0 Å². The molecular weight excluding hydrogens is 368 g/mol. The van der Waals surface area contributed by atoms with E-state index in [1.165, 1.54) is 18.3 Å². The number of benzene rings is 2. The molecule has 2 aromatic carbocycles. The van der Waals surface area contributed by atoms with Crippen LogP contribution in [0.2, 0.25) is 0 Å². The van der Waals surface area contributed by atoms with Crippen molar-refractivity contribution in [3.63, 3.8) is 0 Å². The van der Waals surface area contributed by atoms with Crippen molar-refractivity contribution in [2.75, 3.05) is 0 Å². The van der Waals surface area contributed by atoms with Crippen molar-refractivity contribution in [1.82, 2.24) is 4.98 Å². The lowest BCUT2D eigenvalue weighted by Gasteiger charge is -2.44. The average molecular weight is 390 g/mol. The maximum atomic E-state index is 11.3. The zero-order valence-corrected chi connectivity index (χ0v) is 16.6. The third kappa shape index (κ3) is 3.42. The summed E-state index contributed by atoms with van der Waals surface area (Å²) in [7, 11) is 0. The number of para-hydroxylation sites is 2. The minimum atomic E-state index is -0.669. The molecule has 0 saturated carbocycles. The number of nitrogens with zero attached hydrogens (tertiary/aromatic N) is 2. The highest BCUT2D eigenvalue weighted by atomic mass is 16.6. The zero-order chi connectivity index (χ0) is 20.6. The van der Waals surface area contributed by atoms with E-state index in [0.29, 0.717) is 5.75 Å². The fourth-order valence-electron chi connectivity index (χ4n) is 4.18. The van der Waals surface area contributed by atoms with Crippen LogP contribution in [-0.2, 0) is 11.0 Å². The first-order valence-corrected chi connectivity index (χ1v) is 9.45. The molecule has 1 unspecified atom stereocenters. The number of rotatable bonds is 4. The molecule has 0 N–H and O–H groups in total. The lowest BCUT2D eigenvalue weighted by molar-refractivity contribution is -0.386. The monoisotopic (exact) mass is 390 g/mol. The number of fused-ring (bicyclic) bond motifs is 1. The molecule has 148 valence electrons. The Labute approximate surface area is 169 Å². The Hall–Kier alpha value is -3.41. The van der Waals surface area contributed by atoms with Crippen LogP contribution in [0, 0.1) is 10.1 Å². The Balaban J connectivity index is 1.77. The van der Waals surface area contributed by atoms with Crippen LogP contribution in [0.3, 0.4) is 0 Å². The van der Waals surface area contributed by atoms with Crippen LogP contribution in [0.5, 0.6) is 17.4 Å². The molecule has 0 fully saturated rings. The molecule has 6 heteroatoms. The van der Waals surface area contributed by atoms with Gasteiger partial charge in [0.1, 0.15) is 17.1 Å².